The van der Waals surface area contributed by atoms with Gasteiger partial charge in [-0.25, -0.2) is 4.98 Å². The highest BCUT2D eigenvalue weighted by atomic mass is 35.5. The second kappa shape index (κ2) is 7.53. The van der Waals surface area contributed by atoms with Crippen molar-refractivity contribution in [3.05, 3.63) is 75.8 Å². The number of carbonyl (C=O) groups is 1. The molecule has 0 bridgehead atoms. The first kappa shape index (κ1) is 17.7. The Morgan fingerprint density at radius 1 is 1.15 bits per heavy atom. The quantitative estimate of drug-likeness (QED) is 0.698. The lowest BCUT2D eigenvalue weighted by Gasteiger charge is -2.33. The lowest BCUT2D eigenvalue weighted by atomic mass is 10.0. The highest BCUT2D eigenvalue weighted by molar-refractivity contribution is 6.31. The predicted molar refractivity (Wildman–Crippen MR) is 106 cm³/mol. The molecule has 3 aromatic rings. The zero-order valence-corrected chi connectivity index (χ0v) is 15.6. The Labute approximate surface area is 162 Å². The number of likely N-dealkylation sites (tertiary alicyclic amines) is 1. The highest BCUT2D eigenvalue weighted by Crippen LogP contribution is 2.23. The van der Waals surface area contributed by atoms with Crippen LogP contribution in [0.15, 0.2) is 59.7 Å². The van der Waals surface area contributed by atoms with E-state index in [1.807, 2.05) is 41.3 Å². The van der Waals surface area contributed by atoms with Crippen LogP contribution in [0.2, 0.25) is 5.02 Å². The van der Waals surface area contributed by atoms with Gasteiger partial charge in [-0.2, -0.15) is 0 Å². The highest BCUT2D eigenvalue weighted by Gasteiger charge is 2.26. The van der Waals surface area contributed by atoms with Crippen LogP contribution >= 0.6 is 11.6 Å². The maximum atomic E-state index is 12.8. The number of aromatic nitrogens is 2. The van der Waals surface area contributed by atoms with Crippen LogP contribution in [0.3, 0.4) is 0 Å². The zero-order valence-electron chi connectivity index (χ0n) is 14.8. The van der Waals surface area contributed by atoms with Crippen LogP contribution in [0.25, 0.3) is 10.9 Å². The van der Waals surface area contributed by atoms with Crippen LogP contribution in [-0.4, -0.2) is 33.4 Å². The number of nitrogens with zero attached hydrogens (tertiary/aromatic N) is 3. The number of fused-ring (bicyclic) bond motifs is 1. The first-order chi connectivity index (χ1) is 13.1. The summed E-state index contributed by atoms with van der Waals surface area (Å²) >= 11 is 6.18. The molecule has 27 heavy (non-hydrogen) atoms. The van der Waals surface area contributed by atoms with E-state index < -0.39 is 0 Å². The minimum atomic E-state index is -0.0569. The molecule has 1 aliphatic rings. The van der Waals surface area contributed by atoms with Gasteiger partial charge in [0.25, 0.3) is 5.56 Å². The minimum absolute atomic E-state index is 0.0367. The van der Waals surface area contributed by atoms with Gasteiger partial charge < -0.3 is 4.90 Å². The first-order valence-electron chi connectivity index (χ1n) is 9.10. The molecule has 1 aromatic heterocycles. The fraction of sp³-hybridized carbons (Fsp3) is 0.286. The summed E-state index contributed by atoms with van der Waals surface area (Å²) in [7, 11) is 0. The normalized spacial score (nSPS) is 17.2. The Bertz CT molecular complexity index is 1050. The molecule has 2 heterocycles. The number of para-hydroxylation sites is 1. The fourth-order valence-electron chi connectivity index (χ4n) is 3.67. The van der Waals surface area contributed by atoms with Crippen LogP contribution in [-0.2, 0) is 11.2 Å². The smallest absolute Gasteiger partial charge is 0.261 e. The van der Waals surface area contributed by atoms with E-state index in [0.717, 1.165) is 18.4 Å². The van der Waals surface area contributed by atoms with Gasteiger partial charge in [0.05, 0.1) is 29.7 Å². The van der Waals surface area contributed by atoms with Gasteiger partial charge in [0.15, 0.2) is 0 Å². The monoisotopic (exact) mass is 381 g/mol. The van der Waals surface area contributed by atoms with Crippen molar-refractivity contribution in [3.8, 4) is 0 Å². The first-order valence-corrected chi connectivity index (χ1v) is 9.48. The van der Waals surface area contributed by atoms with Crippen molar-refractivity contribution in [3.63, 3.8) is 0 Å². The van der Waals surface area contributed by atoms with E-state index in [4.69, 9.17) is 11.6 Å². The summed E-state index contributed by atoms with van der Waals surface area (Å²) in [4.78, 5) is 31.8. The summed E-state index contributed by atoms with van der Waals surface area (Å²) in [5, 5.41) is 1.22. The molecule has 0 N–H and O–H groups in total. The molecule has 1 amide bonds. The number of hydrogen-bond donors (Lipinski definition) is 0. The summed E-state index contributed by atoms with van der Waals surface area (Å²) in [6, 6.07) is 14.7. The third kappa shape index (κ3) is 3.60. The van der Waals surface area contributed by atoms with Gasteiger partial charge in [-0.3, -0.25) is 14.2 Å². The van der Waals surface area contributed by atoms with Crippen LogP contribution in [0, 0.1) is 0 Å². The molecular formula is C21H20ClN3O2. The molecule has 0 saturated carbocycles. The van der Waals surface area contributed by atoms with Crippen LogP contribution in [0.4, 0.5) is 0 Å². The van der Waals surface area contributed by atoms with Crippen molar-refractivity contribution in [2.75, 3.05) is 13.1 Å². The molecule has 0 spiro atoms. The largest absolute Gasteiger partial charge is 0.340 e. The molecule has 0 unspecified atom stereocenters. The van der Waals surface area contributed by atoms with Gasteiger partial charge in [0, 0.05) is 18.1 Å². The zero-order chi connectivity index (χ0) is 18.8. The molecule has 0 radical (unpaired) electrons. The van der Waals surface area contributed by atoms with Crippen LogP contribution in [0.5, 0.6) is 0 Å². The van der Waals surface area contributed by atoms with Gasteiger partial charge in [0.2, 0.25) is 5.91 Å². The molecule has 0 aliphatic carbocycles. The molecule has 1 saturated heterocycles. The van der Waals surface area contributed by atoms with Crippen molar-refractivity contribution < 1.29 is 4.79 Å². The average molecular weight is 382 g/mol. The van der Waals surface area contributed by atoms with Crippen LogP contribution in [0.1, 0.15) is 24.4 Å². The van der Waals surface area contributed by atoms with E-state index in [1.54, 1.807) is 23.0 Å². The van der Waals surface area contributed by atoms with Crippen molar-refractivity contribution in [1.82, 2.24) is 14.5 Å². The van der Waals surface area contributed by atoms with Gasteiger partial charge >= 0.3 is 0 Å². The maximum Gasteiger partial charge on any atom is 0.261 e. The molecular weight excluding hydrogens is 362 g/mol. The molecule has 6 heteroatoms. The lowest BCUT2D eigenvalue weighted by molar-refractivity contribution is -0.132. The Balaban J connectivity index is 1.55. The van der Waals surface area contributed by atoms with E-state index in [2.05, 4.69) is 4.98 Å². The van der Waals surface area contributed by atoms with E-state index in [0.29, 0.717) is 29.0 Å². The Hall–Kier alpha value is -2.66. The topological polar surface area (TPSA) is 55.2 Å². The summed E-state index contributed by atoms with van der Waals surface area (Å²) in [6.07, 6.45) is 3.60. The van der Waals surface area contributed by atoms with Crippen molar-refractivity contribution in [1.29, 1.82) is 0 Å². The molecule has 1 aliphatic heterocycles. The molecule has 1 fully saturated rings. The van der Waals surface area contributed by atoms with Crippen molar-refractivity contribution in [2.45, 2.75) is 25.3 Å². The van der Waals surface area contributed by atoms with Crippen LogP contribution < -0.4 is 5.56 Å². The summed E-state index contributed by atoms with van der Waals surface area (Å²) < 4.78 is 1.68. The number of amides is 1. The molecule has 5 nitrogen and oxygen atoms in total. The minimum Gasteiger partial charge on any atom is -0.340 e. The van der Waals surface area contributed by atoms with Gasteiger partial charge in [0.1, 0.15) is 0 Å². The summed E-state index contributed by atoms with van der Waals surface area (Å²) in [6.45, 7) is 1.22. The number of rotatable bonds is 3. The number of piperidine rings is 1. The summed E-state index contributed by atoms with van der Waals surface area (Å²) in [5.41, 5.74) is 1.48. The Morgan fingerprint density at radius 2 is 1.93 bits per heavy atom. The lowest BCUT2D eigenvalue weighted by Crippen LogP contribution is -2.43. The maximum absolute atomic E-state index is 12.8. The van der Waals surface area contributed by atoms with E-state index >= 15 is 0 Å². The summed E-state index contributed by atoms with van der Waals surface area (Å²) in [5.74, 6) is 0.0367. The third-order valence-corrected chi connectivity index (χ3v) is 5.50. The SMILES string of the molecule is O=C(Cc1ccccc1Cl)N1CCC[C@H](n2cnc3ccccc3c2=O)C1. The molecule has 138 valence electrons. The number of hydrogen-bond acceptors (Lipinski definition) is 3. The standard InChI is InChI=1S/C21H20ClN3O2/c22-18-9-3-1-6-15(18)12-20(26)24-11-5-7-16(13-24)25-14-23-19-10-4-2-8-17(19)21(25)27/h1-4,6,8-10,14,16H,5,7,11-13H2/t16-/m0/s1. The van der Waals surface area contributed by atoms with Gasteiger partial charge in [-0.1, -0.05) is 41.9 Å². The van der Waals surface area contributed by atoms with E-state index in [-0.39, 0.29) is 23.9 Å². The second-order valence-electron chi connectivity index (χ2n) is 6.88. The fourth-order valence-corrected chi connectivity index (χ4v) is 3.87. The van der Waals surface area contributed by atoms with Crippen molar-refractivity contribution in [2.24, 2.45) is 0 Å². The van der Waals surface area contributed by atoms with Crippen molar-refractivity contribution >= 4 is 28.4 Å². The molecule has 1 atom stereocenters. The van der Waals surface area contributed by atoms with E-state index in [9.17, 15) is 9.59 Å². The average Bonchev–Trinajstić information content (AvgIpc) is 2.70. The molecule has 2 aromatic carbocycles. The second-order valence-corrected chi connectivity index (χ2v) is 7.29. The Morgan fingerprint density at radius 3 is 2.78 bits per heavy atom. The predicted octanol–water partition coefficient (Wildman–Crippen LogP) is 3.46. The number of halogens is 1. The number of benzene rings is 2. The number of carbonyl (C=O) groups excluding carboxylic acids is 1. The van der Waals surface area contributed by atoms with Gasteiger partial charge in [-0.15, -0.1) is 0 Å². The van der Waals surface area contributed by atoms with Gasteiger partial charge in [-0.05, 0) is 36.6 Å². The third-order valence-electron chi connectivity index (χ3n) is 5.13. The molecule has 4 rings (SSSR count). The van der Waals surface area contributed by atoms with E-state index in [1.165, 1.54) is 0 Å². The Kier molecular flexibility index (Phi) is 4.94.